The molecular weight excluding hydrogens is 188 g/mol. The maximum Gasteiger partial charge on any atom is 0.223 e. The van der Waals surface area contributed by atoms with Crippen molar-refractivity contribution in [2.24, 2.45) is 5.92 Å². The maximum atomic E-state index is 11.9. The summed E-state index contributed by atoms with van der Waals surface area (Å²) in [5.74, 6) is 0.485. The van der Waals surface area contributed by atoms with E-state index in [0.717, 1.165) is 32.2 Å². The molecule has 15 heavy (non-hydrogen) atoms. The molecule has 1 amide bonds. The number of piperidine rings is 1. The zero-order valence-electron chi connectivity index (χ0n) is 9.33. The van der Waals surface area contributed by atoms with Crippen molar-refractivity contribution in [2.75, 3.05) is 6.54 Å². The van der Waals surface area contributed by atoms with Gasteiger partial charge >= 0.3 is 0 Å². The van der Waals surface area contributed by atoms with Crippen LogP contribution in [0.15, 0.2) is 12.2 Å². The van der Waals surface area contributed by atoms with Gasteiger partial charge in [0.1, 0.15) is 0 Å². The highest BCUT2D eigenvalue weighted by Crippen LogP contribution is 2.17. The Balaban J connectivity index is 1.79. The molecule has 1 fully saturated rings. The topological polar surface area (TPSA) is 41.1 Å². The SMILES string of the molecule is CC1CC(C(=O)NC2CC=CC2)CCN1. The van der Waals surface area contributed by atoms with Gasteiger partial charge in [0.25, 0.3) is 0 Å². The molecule has 2 rings (SSSR count). The summed E-state index contributed by atoms with van der Waals surface area (Å²) in [6.07, 6.45) is 8.27. The Morgan fingerprint density at radius 2 is 2.13 bits per heavy atom. The highest BCUT2D eigenvalue weighted by atomic mass is 16.1. The minimum Gasteiger partial charge on any atom is -0.353 e. The second-order valence-corrected chi connectivity index (χ2v) is 4.72. The molecule has 0 aromatic carbocycles. The fourth-order valence-electron chi connectivity index (χ4n) is 2.42. The summed E-state index contributed by atoms with van der Waals surface area (Å²) in [6, 6.07) is 0.846. The lowest BCUT2D eigenvalue weighted by atomic mass is 9.92. The fraction of sp³-hybridized carbons (Fsp3) is 0.750. The van der Waals surface area contributed by atoms with Crippen molar-refractivity contribution in [1.82, 2.24) is 10.6 Å². The molecule has 3 heteroatoms. The van der Waals surface area contributed by atoms with Crippen LogP contribution < -0.4 is 10.6 Å². The monoisotopic (exact) mass is 208 g/mol. The average molecular weight is 208 g/mol. The van der Waals surface area contributed by atoms with Crippen LogP contribution in [-0.4, -0.2) is 24.5 Å². The standard InChI is InChI=1S/C12H20N2O/c1-9-8-10(6-7-13-9)12(15)14-11-4-2-3-5-11/h2-3,9-11,13H,4-8H2,1H3,(H,14,15). The van der Waals surface area contributed by atoms with Gasteiger partial charge in [-0.2, -0.15) is 0 Å². The van der Waals surface area contributed by atoms with Crippen molar-refractivity contribution in [3.63, 3.8) is 0 Å². The third-order valence-electron chi connectivity index (χ3n) is 3.35. The zero-order chi connectivity index (χ0) is 10.7. The molecule has 84 valence electrons. The second kappa shape index (κ2) is 4.79. The summed E-state index contributed by atoms with van der Waals surface area (Å²) >= 11 is 0. The summed E-state index contributed by atoms with van der Waals surface area (Å²) in [4.78, 5) is 11.9. The Morgan fingerprint density at radius 1 is 1.40 bits per heavy atom. The van der Waals surface area contributed by atoms with Gasteiger partial charge in [0.15, 0.2) is 0 Å². The molecule has 1 heterocycles. The van der Waals surface area contributed by atoms with E-state index in [1.807, 2.05) is 0 Å². The van der Waals surface area contributed by atoms with Gasteiger partial charge in [0.05, 0.1) is 0 Å². The number of amides is 1. The molecule has 0 aromatic rings. The first-order valence-corrected chi connectivity index (χ1v) is 5.94. The van der Waals surface area contributed by atoms with E-state index in [-0.39, 0.29) is 11.8 Å². The summed E-state index contributed by atoms with van der Waals surface area (Å²) in [5.41, 5.74) is 0. The van der Waals surface area contributed by atoms with Crippen LogP contribution >= 0.6 is 0 Å². The summed E-state index contributed by atoms with van der Waals surface area (Å²) < 4.78 is 0. The highest BCUT2D eigenvalue weighted by Gasteiger charge is 2.26. The largest absolute Gasteiger partial charge is 0.353 e. The van der Waals surface area contributed by atoms with Crippen molar-refractivity contribution in [1.29, 1.82) is 0 Å². The van der Waals surface area contributed by atoms with Gasteiger partial charge in [-0.3, -0.25) is 4.79 Å². The molecule has 2 unspecified atom stereocenters. The first kappa shape index (κ1) is 10.7. The Bertz CT molecular complexity index is 254. The molecule has 1 aliphatic carbocycles. The Labute approximate surface area is 91.3 Å². The second-order valence-electron chi connectivity index (χ2n) is 4.72. The van der Waals surface area contributed by atoms with E-state index >= 15 is 0 Å². The molecule has 0 bridgehead atoms. The van der Waals surface area contributed by atoms with E-state index in [9.17, 15) is 4.79 Å². The molecule has 0 aromatic heterocycles. The minimum absolute atomic E-state index is 0.224. The molecule has 1 saturated heterocycles. The van der Waals surface area contributed by atoms with Crippen LogP contribution in [0.2, 0.25) is 0 Å². The first-order valence-electron chi connectivity index (χ1n) is 5.94. The molecule has 3 nitrogen and oxygen atoms in total. The van der Waals surface area contributed by atoms with Crippen LogP contribution in [0, 0.1) is 5.92 Å². The van der Waals surface area contributed by atoms with Gasteiger partial charge in [-0.05, 0) is 39.2 Å². The Kier molecular flexibility index (Phi) is 3.41. The van der Waals surface area contributed by atoms with Crippen molar-refractivity contribution in [3.05, 3.63) is 12.2 Å². The van der Waals surface area contributed by atoms with Gasteiger partial charge < -0.3 is 10.6 Å². The van der Waals surface area contributed by atoms with Crippen LogP contribution in [0.3, 0.4) is 0 Å². The molecule has 2 atom stereocenters. The number of rotatable bonds is 2. The van der Waals surface area contributed by atoms with Crippen LogP contribution in [0.4, 0.5) is 0 Å². The number of hydrogen-bond acceptors (Lipinski definition) is 2. The van der Waals surface area contributed by atoms with Gasteiger partial charge in [-0.1, -0.05) is 12.2 Å². The summed E-state index contributed by atoms with van der Waals surface area (Å²) in [6.45, 7) is 3.12. The lowest BCUT2D eigenvalue weighted by Crippen LogP contribution is -2.44. The van der Waals surface area contributed by atoms with Crippen LogP contribution in [0.5, 0.6) is 0 Å². The van der Waals surface area contributed by atoms with E-state index in [0.29, 0.717) is 12.1 Å². The number of hydrogen-bond donors (Lipinski definition) is 2. The summed E-state index contributed by atoms with van der Waals surface area (Å²) in [7, 11) is 0. The van der Waals surface area contributed by atoms with Crippen LogP contribution in [0.25, 0.3) is 0 Å². The lowest BCUT2D eigenvalue weighted by Gasteiger charge is -2.28. The molecule has 2 aliphatic rings. The van der Waals surface area contributed by atoms with Crippen LogP contribution in [-0.2, 0) is 4.79 Å². The van der Waals surface area contributed by atoms with E-state index < -0.39 is 0 Å². The van der Waals surface area contributed by atoms with Crippen molar-refractivity contribution < 1.29 is 4.79 Å². The van der Waals surface area contributed by atoms with Crippen molar-refractivity contribution in [3.8, 4) is 0 Å². The van der Waals surface area contributed by atoms with Gasteiger partial charge in [0.2, 0.25) is 5.91 Å². The predicted molar refractivity (Wildman–Crippen MR) is 60.5 cm³/mol. The van der Waals surface area contributed by atoms with E-state index in [1.54, 1.807) is 0 Å². The smallest absolute Gasteiger partial charge is 0.223 e. The summed E-state index contributed by atoms with van der Waals surface area (Å²) in [5, 5.41) is 6.51. The third-order valence-corrected chi connectivity index (χ3v) is 3.35. The fourth-order valence-corrected chi connectivity index (χ4v) is 2.42. The van der Waals surface area contributed by atoms with E-state index in [4.69, 9.17) is 0 Å². The zero-order valence-corrected chi connectivity index (χ0v) is 9.33. The van der Waals surface area contributed by atoms with E-state index in [1.165, 1.54) is 0 Å². The predicted octanol–water partition coefficient (Wildman–Crippen LogP) is 1.21. The molecule has 0 saturated carbocycles. The molecular formula is C12H20N2O. The van der Waals surface area contributed by atoms with Crippen molar-refractivity contribution >= 4 is 5.91 Å². The van der Waals surface area contributed by atoms with Gasteiger partial charge in [-0.15, -0.1) is 0 Å². The highest BCUT2D eigenvalue weighted by molar-refractivity contribution is 5.79. The molecule has 1 aliphatic heterocycles. The number of carbonyl (C=O) groups excluding carboxylic acids is 1. The first-order chi connectivity index (χ1) is 7.25. The minimum atomic E-state index is 0.224. The van der Waals surface area contributed by atoms with Crippen LogP contribution in [0.1, 0.15) is 32.6 Å². The molecule has 0 spiro atoms. The van der Waals surface area contributed by atoms with Crippen molar-refractivity contribution in [2.45, 2.75) is 44.7 Å². The Morgan fingerprint density at radius 3 is 2.80 bits per heavy atom. The average Bonchev–Trinajstić information content (AvgIpc) is 2.70. The number of nitrogens with one attached hydrogen (secondary N) is 2. The lowest BCUT2D eigenvalue weighted by molar-refractivity contribution is -0.126. The number of carbonyl (C=O) groups is 1. The third kappa shape index (κ3) is 2.81. The molecule has 2 N–H and O–H groups in total. The maximum absolute atomic E-state index is 11.9. The Hall–Kier alpha value is -0.830. The van der Waals surface area contributed by atoms with Gasteiger partial charge in [0, 0.05) is 18.0 Å². The molecule has 0 radical (unpaired) electrons. The van der Waals surface area contributed by atoms with E-state index in [2.05, 4.69) is 29.7 Å². The quantitative estimate of drug-likeness (QED) is 0.670. The van der Waals surface area contributed by atoms with Gasteiger partial charge in [-0.25, -0.2) is 0 Å². The normalized spacial score (nSPS) is 31.8.